The number of aromatic nitrogens is 1. The number of rotatable bonds is 3. The minimum Gasteiger partial charge on any atom is -0.384 e. The van der Waals surface area contributed by atoms with Crippen LogP contribution >= 0.6 is 0 Å². The average Bonchev–Trinajstić information content (AvgIpc) is 2.37. The molecule has 16 heavy (non-hydrogen) atoms. The third-order valence-electron chi connectivity index (χ3n) is 3.10. The summed E-state index contributed by atoms with van der Waals surface area (Å²) >= 11 is 0. The van der Waals surface area contributed by atoms with Gasteiger partial charge in [-0.25, -0.2) is 0 Å². The van der Waals surface area contributed by atoms with Gasteiger partial charge in [0.25, 0.3) is 0 Å². The normalized spacial score (nSPS) is 14.9. The summed E-state index contributed by atoms with van der Waals surface area (Å²) in [6, 6.07) is 7.76. The molecule has 0 aliphatic rings. The zero-order valence-corrected chi connectivity index (χ0v) is 9.35. The maximum atomic E-state index is 10.5. The van der Waals surface area contributed by atoms with Crippen molar-refractivity contribution in [1.29, 1.82) is 0 Å². The molecule has 0 radical (unpaired) electrons. The highest BCUT2D eigenvalue weighted by Crippen LogP contribution is 2.30. The van der Waals surface area contributed by atoms with Crippen molar-refractivity contribution in [2.75, 3.05) is 6.54 Å². The first-order valence-corrected chi connectivity index (χ1v) is 5.47. The summed E-state index contributed by atoms with van der Waals surface area (Å²) in [6.45, 7) is 2.16. The molecule has 3 nitrogen and oxygen atoms in total. The monoisotopic (exact) mass is 216 g/mol. The van der Waals surface area contributed by atoms with Crippen molar-refractivity contribution < 1.29 is 5.11 Å². The fourth-order valence-electron chi connectivity index (χ4n) is 1.97. The van der Waals surface area contributed by atoms with Crippen molar-refractivity contribution in [2.24, 2.45) is 5.73 Å². The summed E-state index contributed by atoms with van der Waals surface area (Å²) in [5, 5.41) is 12.5. The summed E-state index contributed by atoms with van der Waals surface area (Å²) in [4.78, 5) is 4.07. The van der Waals surface area contributed by atoms with Crippen LogP contribution in [0.3, 0.4) is 0 Å². The SMILES string of the molecule is CCC(O)(CN)c1cccc2cnccc12. The first kappa shape index (κ1) is 11.0. The van der Waals surface area contributed by atoms with E-state index < -0.39 is 5.60 Å². The fourth-order valence-corrected chi connectivity index (χ4v) is 1.97. The van der Waals surface area contributed by atoms with E-state index >= 15 is 0 Å². The number of nitrogens with zero attached hydrogens (tertiary/aromatic N) is 1. The molecule has 0 amide bonds. The van der Waals surface area contributed by atoms with E-state index in [2.05, 4.69) is 4.98 Å². The zero-order chi connectivity index (χ0) is 11.6. The minimum atomic E-state index is -0.944. The van der Waals surface area contributed by atoms with Gasteiger partial charge in [0.2, 0.25) is 0 Å². The van der Waals surface area contributed by atoms with E-state index in [0.29, 0.717) is 6.42 Å². The molecule has 3 N–H and O–H groups in total. The van der Waals surface area contributed by atoms with Crippen LogP contribution in [-0.2, 0) is 5.60 Å². The molecule has 3 heteroatoms. The number of hydrogen-bond acceptors (Lipinski definition) is 3. The van der Waals surface area contributed by atoms with Gasteiger partial charge in [-0.2, -0.15) is 0 Å². The second kappa shape index (κ2) is 4.20. The van der Waals surface area contributed by atoms with Crippen molar-refractivity contribution in [1.82, 2.24) is 4.98 Å². The molecule has 1 heterocycles. The van der Waals surface area contributed by atoms with Crippen LogP contribution in [0.5, 0.6) is 0 Å². The molecule has 1 unspecified atom stereocenters. The Labute approximate surface area is 94.9 Å². The van der Waals surface area contributed by atoms with Crippen LogP contribution in [0.1, 0.15) is 18.9 Å². The largest absolute Gasteiger partial charge is 0.384 e. The molecule has 0 fully saturated rings. The van der Waals surface area contributed by atoms with Gasteiger partial charge in [0.15, 0.2) is 0 Å². The molecule has 0 bridgehead atoms. The van der Waals surface area contributed by atoms with Crippen LogP contribution in [0.2, 0.25) is 0 Å². The van der Waals surface area contributed by atoms with Gasteiger partial charge in [-0.15, -0.1) is 0 Å². The van der Waals surface area contributed by atoms with Crippen molar-refractivity contribution in [2.45, 2.75) is 18.9 Å². The molecular weight excluding hydrogens is 200 g/mol. The van der Waals surface area contributed by atoms with Crippen LogP contribution < -0.4 is 5.73 Å². The average molecular weight is 216 g/mol. The first-order chi connectivity index (χ1) is 7.71. The number of aliphatic hydroxyl groups is 1. The third kappa shape index (κ3) is 1.68. The molecule has 0 aliphatic heterocycles. The van der Waals surface area contributed by atoms with Gasteiger partial charge in [0.05, 0.1) is 0 Å². The number of benzene rings is 1. The Balaban J connectivity index is 2.69. The quantitative estimate of drug-likeness (QED) is 0.822. The maximum Gasteiger partial charge on any atom is 0.102 e. The van der Waals surface area contributed by atoms with Crippen LogP contribution in [0.15, 0.2) is 36.7 Å². The molecule has 1 atom stereocenters. The van der Waals surface area contributed by atoms with E-state index in [-0.39, 0.29) is 6.54 Å². The van der Waals surface area contributed by atoms with E-state index in [1.807, 2.05) is 31.2 Å². The van der Waals surface area contributed by atoms with Crippen LogP contribution in [0, 0.1) is 0 Å². The summed E-state index contributed by atoms with van der Waals surface area (Å²) in [5.41, 5.74) is 5.62. The molecule has 0 spiro atoms. The van der Waals surface area contributed by atoms with Crippen molar-refractivity contribution in [3.05, 3.63) is 42.2 Å². The Kier molecular flexibility index (Phi) is 2.90. The molecule has 0 saturated carbocycles. The van der Waals surface area contributed by atoms with Crippen molar-refractivity contribution in [3.63, 3.8) is 0 Å². The van der Waals surface area contributed by atoms with Gasteiger partial charge in [0, 0.05) is 24.3 Å². The van der Waals surface area contributed by atoms with Crippen molar-refractivity contribution >= 4 is 10.8 Å². The molecule has 0 aliphatic carbocycles. The highest BCUT2D eigenvalue weighted by molar-refractivity contribution is 5.85. The second-order valence-electron chi connectivity index (χ2n) is 3.99. The van der Waals surface area contributed by atoms with Crippen molar-refractivity contribution in [3.8, 4) is 0 Å². The standard InChI is InChI=1S/C13H16N2O/c1-2-13(16,9-14)12-5-3-4-10-8-15-7-6-11(10)12/h3-8,16H,2,9,14H2,1H3. The lowest BCUT2D eigenvalue weighted by Crippen LogP contribution is -2.34. The Hall–Kier alpha value is -1.45. The second-order valence-corrected chi connectivity index (χ2v) is 3.99. The van der Waals surface area contributed by atoms with Gasteiger partial charge in [-0.3, -0.25) is 4.98 Å². The Morgan fingerprint density at radius 1 is 1.38 bits per heavy atom. The van der Waals surface area contributed by atoms with Crippen LogP contribution in [0.4, 0.5) is 0 Å². The van der Waals surface area contributed by atoms with Gasteiger partial charge in [0.1, 0.15) is 5.60 Å². The lowest BCUT2D eigenvalue weighted by Gasteiger charge is -2.26. The number of pyridine rings is 1. The summed E-state index contributed by atoms with van der Waals surface area (Å²) in [7, 11) is 0. The Morgan fingerprint density at radius 2 is 2.19 bits per heavy atom. The number of fused-ring (bicyclic) bond motifs is 1. The van der Waals surface area contributed by atoms with Crippen LogP contribution in [0.25, 0.3) is 10.8 Å². The van der Waals surface area contributed by atoms with Gasteiger partial charge < -0.3 is 10.8 Å². The fraction of sp³-hybridized carbons (Fsp3) is 0.308. The minimum absolute atomic E-state index is 0.227. The first-order valence-electron chi connectivity index (χ1n) is 5.47. The number of hydrogen-bond donors (Lipinski definition) is 2. The van der Waals surface area contributed by atoms with E-state index in [1.54, 1.807) is 12.4 Å². The summed E-state index contributed by atoms with van der Waals surface area (Å²) < 4.78 is 0. The molecule has 84 valence electrons. The van der Waals surface area contributed by atoms with E-state index in [4.69, 9.17) is 5.73 Å². The van der Waals surface area contributed by atoms with E-state index in [9.17, 15) is 5.11 Å². The van der Waals surface area contributed by atoms with Gasteiger partial charge >= 0.3 is 0 Å². The molecule has 2 rings (SSSR count). The van der Waals surface area contributed by atoms with E-state index in [0.717, 1.165) is 16.3 Å². The smallest absolute Gasteiger partial charge is 0.102 e. The molecule has 0 saturated heterocycles. The highest BCUT2D eigenvalue weighted by atomic mass is 16.3. The van der Waals surface area contributed by atoms with Gasteiger partial charge in [-0.1, -0.05) is 25.1 Å². The molecule has 1 aromatic heterocycles. The predicted molar refractivity (Wildman–Crippen MR) is 65.0 cm³/mol. The Morgan fingerprint density at radius 3 is 2.88 bits per heavy atom. The summed E-state index contributed by atoms with van der Waals surface area (Å²) in [6.07, 6.45) is 4.13. The third-order valence-corrected chi connectivity index (χ3v) is 3.10. The number of nitrogens with two attached hydrogens (primary N) is 1. The molecular formula is C13H16N2O. The Bertz CT molecular complexity index is 487. The summed E-state index contributed by atoms with van der Waals surface area (Å²) in [5.74, 6) is 0. The predicted octanol–water partition coefficient (Wildman–Crippen LogP) is 1.79. The molecule has 2 aromatic rings. The molecule has 1 aromatic carbocycles. The van der Waals surface area contributed by atoms with E-state index in [1.165, 1.54) is 0 Å². The highest BCUT2D eigenvalue weighted by Gasteiger charge is 2.26. The lowest BCUT2D eigenvalue weighted by atomic mass is 9.88. The lowest BCUT2D eigenvalue weighted by molar-refractivity contribution is 0.0434. The topological polar surface area (TPSA) is 59.1 Å². The van der Waals surface area contributed by atoms with Crippen LogP contribution in [-0.4, -0.2) is 16.6 Å². The zero-order valence-electron chi connectivity index (χ0n) is 9.35. The van der Waals surface area contributed by atoms with Gasteiger partial charge in [-0.05, 0) is 23.4 Å². The maximum absolute atomic E-state index is 10.5.